The monoisotopic (exact) mass is 563 g/mol. The van der Waals surface area contributed by atoms with Gasteiger partial charge in [-0.3, -0.25) is 4.79 Å². The summed E-state index contributed by atoms with van der Waals surface area (Å²) in [5.41, 5.74) is 1.12. The largest absolute Gasteiger partial charge is 0.444 e. The number of hydrogen-bond acceptors (Lipinski definition) is 6. The second-order valence-corrected chi connectivity index (χ2v) is 13.4. The van der Waals surface area contributed by atoms with Crippen molar-refractivity contribution in [1.29, 1.82) is 0 Å². The molecule has 1 saturated carbocycles. The van der Waals surface area contributed by atoms with Crippen molar-refractivity contribution < 1.29 is 14.3 Å². The van der Waals surface area contributed by atoms with E-state index < -0.39 is 5.60 Å². The Labute approximate surface area is 245 Å². The molecule has 2 aromatic rings. The van der Waals surface area contributed by atoms with E-state index in [4.69, 9.17) is 9.72 Å². The zero-order valence-electron chi connectivity index (χ0n) is 25.3. The molecule has 5 rings (SSSR count). The van der Waals surface area contributed by atoms with Crippen molar-refractivity contribution in [3.63, 3.8) is 0 Å². The van der Waals surface area contributed by atoms with Crippen LogP contribution in [0.1, 0.15) is 82.5 Å². The molecule has 2 aliphatic heterocycles. The molecule has 3 heterocycles. The highest BCUT2D eigenvalue weighted by molar-refractivity contribution is 6.07. The number of nitrogens with one attached hydrogen (secondary N) is 2. The van der Waals surface area contributed by atoms with Gasteiger partial charge in [0.2, 0.25) is 0 Å². The molecule has 0 radical (unpaired) electrons. The number of ether oxygens (including phenoxy) is 1. The molecule has 2 N–H and O–H groups in total. The lowest BCUT2D eigenvalue weighted by atomic mass is 9.82. The summed E-state index contributed by atoms with van der Waals surface area (Å²) in [7, 11) is 0. The zero-order valence-corrected chi connectivity index (χ0v) is 25.3. The molecule has 8 nitrogen and oxygen atoms in total. The number of carbonyl (C=O) groups is 2. The molecule has 1 aromatic heterocycles. The number of carbonyl (C=O) groups excluding carboxylic acids is 2. The lowest BCUT2D eigenvalue weighted by Crippen LogP contribution is -2.40. The normalized spacial score (nSPS) is 22.3. The van der Waals surface area contributed by atoms with Crippen LogP contribution in [0.3, 0.4) is 0 Å². The third kappa shape index (κ3) is 8.34. The van der Waals surface area contributed by atoms with E-state index in [2.05, 4.69) is 20.4 Å². The van der Waals surface area contributed by atoms with E-state index in [0.717, 1.165) is 67.0 Å². The van der Waals surface area contributed by atoms with Crippen LogP contribution >= 0.6 is 0 Å². The SMILES string of the molecule is CC(C)(C)OC(=O)NCC1CCC(CNC(=O)c2cc(N3CCC(CCN4CCC4)CC3)nc3ccccc23)CC1. The molecule has 8 heteroatoms. The molecular formula is C33H49N5O3. The van der Waals surface area contributed by atoms with Crippen LogP contribution < -0.4 is 15.5 Å². The number of nitrogens with zero attached hydrogens (tertiary/aromatic N) is 3. The number of para-hydroxylation sites is 1. The topological polar surface area (TPSA) is 86.8 Å². The summed E-state index contributed by atoms with van der Waals surface area (Å²) in [5.74, 6) is 2.62. The number of alkyl carbamates (subject to hydrolysis) is 1. The minimum absolute atomic E-state index is 0.0111. The first-order valence-electron chi connectivity index (χ1n) is 15.9. The molecule has 0 atom stereocenters. The Balaban J connectivity index is 1.12. The second kappa shape index (κ2) is 13.4. The van der Waals surface area contributed by atoms with Crippen LogP contribution in [-0.4, -0.2) is 73.3 Å². The van der Waals surface area contributed by atoms with Gasteiger partial charge in [0.25, 0.3) is 5.91 Å². The first-order valence-corrected chi connectivity index (χ1v) is 15.9. The van der Waals surface area contributed by atoms with Crippen LogP contribution in [0.5, 0.6) is 0 Å². The molecule has 2 amide bonds. The summed E-state index contributed by atoms with van der Waals surface area (Å²) in [6, 6.07) is 10.0. The van der Waals surface area contributed by atoms with Gasteiger partial charge < -0.3 is 25.2 Å². The van der Waals surface area contributed by atoms with Gasteiger partial charge >= 0.3 is 6.09 Å². The number of aromatic nitrogens is 1. The molecule has 0 bridgehead atoms. The van der Waals surface area contributed by atoms with Crippen molar-refractivity contribution in [3.8, 4) is 0 Å². The second-order valence-electron chi connectivity index (χ2n) is 13.4. The third-order valence-corrected chi connectivity index (χ3v) is 9.14. The van der Waals surface area contributed by atoms with E-state index in [9.17, 15) is 9.59 Å². The first-order chi connectivity index (χ1) is 19.7. The lowest BCUT2D eigenvalue weighted by Gasteiger charge is -2.36. The van der Waals surface area contributed by atoms with Gasteiger partial charge in [-0.15, -0.1) is 0 Å². The zero-order chi connectivity index (χ0) is 28.8. The third-order valence-electron chi connectivity index (χ3n) is 9.14. The fourth-order valence-corrected chi connectivity index (χ4v) is 6.45. The summed E-state index contributed by atoms with van der Waals surface area (Å²) in [5, 5.41) is 7.08. The van der Waals surface area contributed by atoms with Crippen molar-refractivity contribution in [2.24, 2.45) is 17.8 Å². The van der Waals surface area contributed by atoms with Crippen molar-refractivity contribution >= 4 is 28.7 Å². The standard InChI is InChI=1S/C33H49N5O3/c1-33(2,3)41-32(40)35-23-26-11-9-25(10-12-26)22-34-31(39)28-21-30(36-29-8-5-4-7-27(28)29)38-19-14-24(15-20-38)13-18-37-16-6-17-37/h4-5,7-8,21,24-26H,6,9-20,22-23H2,1-3H3,(H,34,39)(H,35,40). The number of hydrogen-bond donors (Lipinski definition) is 2. The maximum Gasteiger partial charge on any atom is 0.407 e. The Hall–Kier alpha value is -2.87. The van der Waals surface area contributed by atoms with Crippen molar-refractivity contribution in [2.75, 3.05) is 50.7 Å². The van der Waals surface area contributed by atoms with Crippen LogP contribution in [0.15, 0.2) is 30.3 Å². The molecule has 3 fully saturated rings. The van der Waals surface area contributed by atoms with Gasteiger partial charge in [0.1, 0.15) is 11.4 Å². The van der Waals surface area contributed by atoms with E-state index in [1.165, 1.54) is 45.3 Å². The number of pyridine rings is 1. The van der Waals surface area contributed by atoms with E-state index >= 15 is 0 Å². The Kier molecular flexibility index (Phi) is 9.68. The molecule has 0 spiro atoms. The maximum absolute atomic E-state index is 13.5. The number of fused-ring (bicyclic) bond motifs is 1. The number of benzene rings is 1. The van der Waals surface area contributed by atoms with E-state index in [1.54, 1.807) is 0 Å². The highest BCUT2D eigenvalue weighted by atomic mass is 16.6. The predicted octanol–water partition coefficient (Wildman–Crippen LogP) is 5.61. The average molecular weight is 564 g/mol. The summed E-state index contributed by atoms with van der Waals surface area (Å²) in [4.78, 5) is 35.4. The van der Waals surface area contributed by atoms with Gasteiger partial charge in [0, 0.05) is 31.6 Å². The van der Waals surface area contributed by atoms with Crippen LogP contribution in [0.2, 0.25) is 0 Å². The van der Waals surface area contributed by atoms with Gasteiger partial charge in [-0.25, -0.2) is 9.78 Å². The summed E-state index contributed by atoms with van der Waals surface area (Å²) in [6.07, 6.45) is 8.90. The Morgan fingerprint density at radius 1 is 0.902 bits per heavy atom. The van der Waals surface area contributed by atoms with Crippen LogP contribution in [0.25, 0.3) is 10.9 Å². The molecular weight excluding hydrogens is 514 g/mol. The Morgan fingerprint density at radius 2 is 1.56 bits per heavy atom. The predicted molar refractivity (Wildman–Crippen MR) is 164 cm³/mol. The summed E-state index contributed by atoms with van der Waals surface area (Å²) >= 11 is 0. The minimum atomic E-state index is -0.481. The van der Waals surface area contributed by atoms with Gasteiger partial charge in [-0.05, 0) is 122 Å². The van der Waals surface area contributed by atoms with Crippen LogP contribution in [-0.2, 0) is 4.74 Å². The van der Waals surface area contributed by atoms with Crippen LogP contribution in [0.4, 0.5) is 10.6 Å². The average Bonchev–Trinajstić information content (AvgIpc) is 2.93. The van der Waals surface area contributed by atoms with Crippen LogP contribution in [0, 0.1) is 17.8 Å². The Bertz CT molecular complexity index is 1180. The highest BCUT2D eigenvalue weighted by Crippen LogP contribution is 2.30. The van der Waals surface area contributed by atoms with E-state index in [0.29, 0.717) is 24.9 Å². The van der Waals surface area contributed by atoms with Gasteiger partial charge in [0.15, 0.2) is 0 Å². The first kappa shape index (κ1) is 29.6. The molecule has 1 aromatic carbocycles. The Morgan fingerprint density at radius 3 is 2.20 bits per heavy atom. The van der Waals surface area contributed by atoms with Gasteiger partial charge in [-0.2, -0.15) is 0 Å². The summed E-state index contributed by atoms with van der Waals surface area (Å²) < 4.78 is 5.36. The van der Waals surface area contributed by atoms with Gasteiger partial charge in [0.05, 0.1) is 11.1 Å². The fourth-order valence-electron chi connectivity index (χ4n) is 6.45. The van der Waals surface area contributed by atoms with Crippen molar-refractivity contribution in [2.45, 2.75) is 77.7 Å². The molecule has 41 heavy (non-hydrogen) atoms. The van der Waals surface area contributed by atoms with E-state index in [1.807, 2.05) is 51.1 Å². The van der Waals surface area contributed by atoms with Crippen molar-refractivity contribution in [3.05, 3.63) is 35.9 Å². The minimum Gasteiger partial charge on any atom is -0.444 e. The quantitative estimate of drug-likeness (QED) is 0.413. The molecule has 0 unspecified atom stereocenters. The number of piperidine rings is 1. The maximum atomic E-state index is 13.5. The smallest absolute Gasteiger partial charge is 0.407 e. The molecule has 1 aliphatic carbocycles. The van der Waals surface area contributed by atoms with Gasteiger partial charge in [-0.1, -0.05) is 18.2 Å². The number of amides is 2. The summed E-state index contributed by atoms with van der Waals surface area (Å²) in [6.45, 7) is 12.8. The lowest BCUT2D eigenvalue weighted by molar-refractivity contribution is 0.0512. The van der Waals surface area contributed by atoms with E-state index in [-0.39, 0.29) is 12.0 Å². The van der Waals surface area contributed by atoms with Crippen molar-refractivity contribution in [1.82, 2.24) is 20.5 Å². The molecule has 224 valence electrons. The number of anilines is 1. The molecule has 3 aliphatic rings. The molecule has 2 saturated heterocycles. The number of rotatable bonds is 9. The highest BCUT2D eigenvalue weighted by Gasteiger charge is 2.26. The number of likely N-dealkylation sites (tertiary alicyclic amines) is 1. The fraction of sp³-hybridized carbons (Fsp3) is 0.667.